The summed E-state index contributed by atoms with van der Waals surface area (Å²) < 4.78 is 13.2. The van der Waals surface area contributed by atoms with Crippen molar-refractivity contribution < 1.29 is 24.2 Å². The number of carboxylic acids is 1. The molecule has 1 aliphatic carbocycles. The molecule has 1 fully saturated rings. The number of hydrogen-bond acceptors (Lipinski definition) is 3. The van der Waals surface area contributed by atoms with Crippen molar-refractivity contribution in [2.75, 3.05) is 0 Å². The van der Waals surface area contributed by atoms with Gasteiger partial charge >= 0.3 is 5.97 Å². The SMILES string of the molecule is Cc1cc(F)ccc1/C=C/C1C(O)CC(=O)C1CCCCCCC(=O)O. The predicted octanol–water partition coefficient (Wildman–Crippen LogP) is 4.14. The lowest BCUT2D eigenvalue weighted by atomic mass is 9.88. The van der Waals surface area contributed by atoms with Gasteiger partial charge in [0.15, 0.2) is 0 Å². The number of Topliss-reactive ketones (excluding diaryl/α,β-unsaturated/α-hetero) is 1. The molecule has 3 atom stereocenters. The molecule has 0 radical (unpaired) electrons. The first kappa shape index (κ1) is 20.3. The van der Waals surface area contributed by atoms with E-state index in [1.165, 1.54) is 12.1 Å². The second-order valence-corrected chi connectivity index (χ2v) is 7.13. The zero-order valence-electron chi connectivity index (χ0n) is 15.2. The molecule has 0 aromatic heterocycles. The minimum Gasteiger partial charge on any atom is -0.481 e. The van der Waals surface area contributed by atoms with Gasteiger partial charge in [-0.15, -0.1) is 0 Å². The van der Waals surface area contributed by atoms with Gasteiger partial charge in [-0.3, -0.25) is 9.59 Å². The van der Waals surface area contributed by atoms with Crippen LogP contribution in [0.4, 0.5) is 4.39 Å². The maximum Gasteiger partial charge on any atom is 0.303 e. The number of hydrogen-bond donors (Lipinski definition) is 2. The van der Waals surface area contributed by atoms with Crippen LogP contribution in [0.25, 0.3) is 6.08 Å². The summed E-state index contributed by atoms with van der Waals surface area (Å²) >= 11 is 0. The van der Waals surface area contributed by atoms with Crippen LogP contribution in [0.15, 0.2) is 24.3 Å². The maximum atomic E-state index is 13.2. The number of ketones is 1. The Balaban J connectivity index is 1.91. The third kappa shape index (κ3) is 5.77. The van der Waals surface area contributed by atoms with E-state index in [2.05, 4.69) is 0 Å². The van der Waals surface area contributed by atoms with Crippen molar-refractivity contribution >= 4 is 17.8 Å². The highest BCUT2D eigenvalue weighted by Gasteiger charge is 2.39. The first-order chi connectivity index (χ1) is 12.4. The van der Waals surface area contributed by atoms with Gasteiger partial charge in [0.05, 0.1) is 6.10 Å². The fourth-order valence-corrected chi connectivity index (χ4v) is 3.63. The highest BCUT2D eigenvalue weighted by atomic mass is 19.1. The fraction of sp³-hybridized carbons (Fsp3) is 0.524. The molecule has 1 saturated carbocycles. The van der Waals surface area contributed by atoms with Gasteiger partial charge in [0.2, 0.25) is 0 Å². The molecule has 26 heavy (non-hydrogen) atoms. The molecule has 142 valence electrons. The normalized spacial score (nSPS) is 23.0. The average molecular weight is 362 g/mol. The van der Waals surface area contributed by atoms with E-state index in [9.17, 15) is 19.1 Å². The van der Waals surface area contributed by atoms with Crippen molar-refractivity contribution in [2.45, 2.75) is 58.0 Å². The molecular weight excluding hydrogens is 335 g/mol. The standard InChI is InChI=1S/C21H27FO4/c1-14-12-16(22)10-8-15(14)9-11-18-17(19(23)13-20(18)24)6-4-2-3-5-7-21(25)26/h8-12,17-18,20,24H,2-7,13H2,1H3,(H,25,26)/b11-9+. The van der Waals surface area contributed by atoms with E-state index in [4.69, 9.17) is 5.11 Å². The Morgan fingerprint density at radius 2 is 2.00 bits per heavy atom. The van der Waals surface area contributed by atoms with Crippen LogP contribution in [0.5, 0.6) is 0 Å². The fourth-order valence-electron chi connectivity index (χ4n) is 3.63. The van der Waals surface area contributed by atoms with Crippen LogP contribution in [-0.4, -0.2) is 28.1 Å². The molecular formula is C21H27FO4. The Labute approximate surface area is 153 Å². The van der Waals surface area contributed by atoms with Gasteiger partial charge in [0, 0.05) is 24.7 Å². The monoisotopic (exact) mass is 362 g/mol. The number of benzene rings is 1. The largest absolute Gasteiger partial charge is 0.481 e. The highest BCUT2D eigenvalue weighted by molar-refractivity contribution is 5.85. The molecule has 2 N–H and O–H groups in total. The van der Waals surface area contributed by atoms with Crippen LogP contribution in [0, 0.1) is 24.6 Å². The van der Waals surface area contributed by atoms with Crippen molar-refractivity contribution in [1.82, 2.24) is 0 Å². The Bertz CT molecular complexity index is 668. The molecule has 0 saturated heterocycles. The van der Waals surface area contributed by atoms with Crippen LogP contribution < -0.4 is 0 Å². The van der Waals surface area contributed by atoms with Crippen LogP contribution in [0.1, 0.15) is 56.1 Å². The Morgan fingerprint density at radius 3 is 2.69 bits per heavy atom. The predicted molar refractivity (Wildman–Crippen MR) is 98.1 cm³/mol. The highest BCUT2D eigenvalue weighted by Crippen LogP contribution is 2.35. The molecule has 3 unspecified atom stereocenters. The molecule has 5 heteroatoms. The third-order valence-electron chi connectivity index (χ3n) is 5.12. The smallest absolute Gasteiger partial charge is 0.303 e. The number of unbranched alkanes of at least 4 members (excludes halogenated alkanes) is 3. The summed E-state index contributed by atoms with van der Waals surface area (Å²) in [4.78, 5) is 22.7. The van der Waals surface area contributed by atoms with E-state index in [1.54, 1.807) is 6.07 Å². The van der Waals surface area contributed by atoms with Gasteiger partial charge < -0.3 is 10.2 Å². The summed E-state index contributed by atoms with van der Waals surface area (Å²) in [6.07, 6.45) is 7.38. The summed E-state index contributed by atoms with van der Waals surface area (Å²) in [7, 11) is 0. The Morgan fingerprint density at radius 1 is 1.27 bits per heavy atom. The summed E-state index contributed by atoms with van der Waals surface area (Å²) in [5.74, 6) is -1.38. The summed E-state index contributed by atoms with van der Waals surface area (Å²) in [5, 5.41) is 18.9. The first-order valence-corrected chi connectivity index (χ1v) is 9.25. The number of aliphatic carboxylic acids is 1. The van der Waals surface area contributed by atoms with Crippen molar-refractivity contribution in [1.29, 1.82) is 0 Å². The van der Waals surface area contributed by atoms with Crippen LogP contribution in [0.2, 0.25) is 0 Å². The number of aryl methyl sites for hydroxylation is 1. The molecule has 0 aliphatic heterocycles. The Kier molecular flexibility index (Phi) is 7.51. The van der Waals surface area contributed by atoms with Gasteiger partial charge in [-0.05, 0) is 43.0 Å². The lowest BCUT2D eigenvalue weighted by molar-refractivity contribution is -0.137. The zero-order chi connectivity index (χ0) is 19.1. The number of rotatable bonds is 9. The Hall–Kier alpha value is -2.01. The number of aliphatic hydroxyl groups excluding tert-OH is 1. The third-order valence-corrected chi connectivity index (χ3v) is 5.12. The van der Waals surface area contributed by atoms with E-state index < -0.39 is 12.1 Å². The van der Waals surface area contributed by atoms with Crippen molar-refractivity contribution in [3.05, 3.63) is 41.2 Å². The number of carbonyl (C=O) groups excluding carboxylic acids is 1. The molecule has 1 aromatic rings. The molecule has 2 rings (SSSR count). The van der Waals surface area contributed by atoms with Crippen molar-refractivity contribution in [2.24, 2.45) is 11.8 Å². The first-order valence-electron chi connectivity index (χ1n) is 9.25. The van der Waals surface area contributed by atoms with Crippen LogP contribution in [0.3, 0.4) is 0 Å². The van der Waals surface area contributed by atoms with Gasteiger partial charge in [0.1, 0.15) is 11.6 Å². The summed E-state index contributed by atoms with van der Waals surface area (Å²) in [6, 6.07) is 4.56. The second kappa shape index (κ2) is 9.62. The van der Waals surface area contributed by atoms with Gasteiger partial charge in [0.25, 0.3) is 0 Å². The number of carbonyl (C=O) groups is 2. The summed E-state index contributed by atoms with van der Waals surface area (Å²) in [5.41, 5.74) is 1.69. The van der Waals surface area contributed by atoms with E-state index in [1.807, 2.05) is 19.1 Å². The average Bonchev–Trinajstić information content (AvgIpc) is 2.83. The van der Waals surface area contributed by atoms with Crippen LogP contribution >= 0.6 is 0 Å². The molecule has 0 amide bonds. The van der Waals surface area contributed by atoms with E-state index in [0.29, 0.717) is 12.8 Å². The molecule has 4 nitrogen and oxygen atoms in total. The minimum absolute atomic E-state index is 0.0912. The lowest BCUT2D eigenvalue weighted by Gasteiger charge is -2.17. The van der Waals surface area contributed by atoms with E-state index in [-0.39, 0.29) is 36.3 Å². The van der Waals surface area contributed by atoms with Crippen molar-refractivity contribution in [3.8, 4) is 0 Å². The number of aliphatic hydroxyl groups is 1. The van der Waals surface area contributed by atoms with E-state index in [0.717, 1.165) is 30.4 Å². The van der Waals surface area contributed by atoms with Crippen LogP contribution in [-0.2, 0) is 9.59 Å². The van der Waals surface area contributed by atoms with Gasteiger partial charge in [-0.25, -0.2) is 4.39 Å². The lowest BCUT2D eigenvalue weighted by Crippen LogP contribution is -2.18. The molecule has 0 spiro atoms. The molecule has 0 bridgehead atoms. The molecule has 0 heterocycles. The van der Waals surface area contributed by atoms with Gasteiger partial charge in [-0.1, -0.05) is 37.5 Å². The minimum atomic E-state index is -0.777. The maximum absolute atomic E-state index is 13.2. The van der Waals surface area contributed by atoms with Crippen molar-refractivity contribution in [3.63, 3.8) is 0 Å². The van der Waals surface area contributed by atoms with Gasteiger partial charge in [-0.2, -0.15) is 0 Å². The second-order valence-electron chi connectivity index (χ2n) is 7.13. The molecule has 1 aromatic carbocycles. The zero-order valence-corrected chi connectivity index (χ0v) is 15.2. The number of halogens is 1. The summed E-state index contributed by atoms with van der Waals surface area (Å²) in [6.45, 7) is 1.83. The molecule has 1 aliphatic rings. The number of carboxylic acid groups (broad SMARTS) is 1. The topological polar surface area (TPSA) is 74.6 Å². The van der Waals surface area contributed by atoms with E-state index >= 15 is 0 Å². The quantitative estimate of drug-likeness (QED) is 0.648.